The number of hydrogen-bond donors (Lipinski definition) is 1. The summed E-state index contributed by atoms with van der Waals surface area (Å²) < 4.78 is 0. The SMILES string of the molecule is CN1C(=O)CCC(N)C1c1ccccc1. The summed E-state index contributed by atoms with van der Waals surface area (Å²) in [6, 6.07) is 10.1. The molecule has 1 amide bonds. The Morgan fingerprint density at radius 2 is 2.00 bits per heavy atom. The van der Waals surface area contributed by atoms with Gasteiger partial charge in [-0.15, -0.1) is 0 Å². The summed E-state index contributed by atoms with van der Waals surface area (Å²) in [5, 5.41) is 0. The van der Waals surface area contributed by atoms with Gasteiger partial charge >= 0.3 is 0 Å². The number of likely N-dealkylation sites (N-methyl/N-ethyl adjacent to an activating group) is 1. The molecule has 1 aliphatic heterocycles. The van der Waals surface area contributed by atoms with Gasteiger partial charge in [0.25, 0.3) is 0 Å². The van der Waals surface area contributed by atoms with Gasteiger partial charge in [0.05, 0.1) is 6.04 Å². The molecule has 3 heteroatoms. The van der Waals surface area contributed by atoms with Crippen molar-refractivity contribution < 1.29 is 4.79 Å². The van der Waals surface area contributed by atoms with E-state index < -0.39 is 0 Å². The van der Waals surface area contributed by atoms with Gasteiger partial charge < -0.3 is 10.6 Å². The van der Waals surface area contributed by atoms with Gasteiger partial charge in [0, 0.05) is 19.5 Å². The van der Waals surface area contributed by atoms with Crippen LogP contribution >= 0.6 is 0 Å². The zero-order valence-electron chi connectivity index (χ0n) is 8.89. The lowest BCUT2D eigenvalue weighted by molar-refractivity contribution is -0.135. The molecule has 2 rings (SSSR count). The minimum atomic E-state index is 0.0347. The fourth-order valence-corrected chi connectivity index (χ4v) is 2.19. The predicted molar refractivity (Wildman–Crippen MR) is 59.2 cm³/mol. The predicted octanol–water partition coefficient (Wildman–Crippen LogP) is 1.31. The minimum Gasteiger partial charge on any atom is -0.337 e. The number of benzene rings is 1. The topological polar surface area (TPSA) is 46.3 Å². The number of amides is 1. The van der Waals surface area contributed by atoms with Crippen molar-refractivity contribution >= 4 is 5.91 Å². The van der Waals surface area contributed by atoms with Crippen molar-refractivity contribution in [3.05, 3.63) is 35.9 Å². The Kier molecular flexibility index (Phi) is 2.73. The number of rotatable bonds is 1. The molecule has 0 bridgehead atoms. The van der Waals surface area contributed by atoms with Crippen molar-refractivity contribution in [2.75, 3.05) is 7.05 Å². The Balaban J connectivity index is 2.29. The van der Waals surface area contributed by atoms with Crippen molar-refractivity contribution in [2.45, 2.75) is 24.9 Å². The van der Waals surface area contributed by atoms with Gasteiger partial charge in [-0.3, -0.25) is 4.79 Å². The van der Waals surface area contributed by atoms with Crippen LogP contribution in [-0.4, -0.2) is 23.9 Å². The lowest BCUT2D eigenvalue weighted by Crippen LogP contribution is -2.46. The monoisotopic (exact) mass is 204 g/mol. The maximum absolute atomic E-state index is 11.6. The molecule has 0 radical (unpaired) electrons. The molecule has 0 spiro atoms. The summed E-state index contributed by atoms with van der Waals surface area (Å²) in [6.07, 6.45) is 1.35. The Morgan fingerprint density at radius 3 is 2.67 bits per heavy atom. The first-order valence-corrected chi connectivity index (χ1v) is 5.26. The van der Waals surface area contributed by atoms with E-state index >= 15 is 0 Å². The van der Waals surface area contributed by atoms with Crippen LogP contribution in [0, 0.1) is 0 Å². The summed E-state index contributed by atoms with van der Waals surface area (Å²) in [5.74, 6) is 0.186. The highest BCUT2D eigenvalue weighted by molar-refractivity contribution is 5.77. The zero-order valence-corrected chi connectivity index (χ0v) is 8.89. The summed E-state index contributed by atoms with van der Waals surface area (Å²) >= 11 is 0. The molecular formula is C12H16N2O. The molecule has 15 heavy (non-hydrogen) atoms. The summed E-state index contributed by atoms with van der Waals surface area (Å²) in [4.78, 5) is 13.4. The molecule has 1 heterocycles. The molecule has 80 valence electrons. The molecular weight excluding hydrogens is 188 g/mol. The van der Waals surface area contributed by atoms with Crippen LogP contribution in [0.25, 0.3) is 0 Å². The lowest BCUT2D eigenvalue weighted by atomic mass is 9.91. The van der Waals surface area contributed by atoms with Crippen LogP contribution in [0.2, 0.25) is 0 Å². The smallest absolute Gasteiger partial charge is 0.222 e. The van der Waals surface area contributed by atoms with Crippen LogP contribution < -0.4 is 5.73 Å². The number of nitrogens with zero attached hydrogens (tertiary/aromatic N) is 1. The zero-order chi connectivity index (χ0) is 10.8. The molecule has 0 saturated carbocycles. The molecule has 1 fully saturated rings. The average molecular weight is 204 g/mol. The fourth-order valence-electron chi connectivity index (χ4n) is 2.19. The van der Waals surface area contributed by atoms with Gasteiger partial charge in [0.15, 0.2) is 0 Å². The molecule has 3 nitrogen and oxygen atoms in total. The highest BCUT2D eigenvalue weighted by Gasteiger charge is 2.31. The molecule has 2 N–H and O–H groups in total. The number of carbonyl (C=O) groups excluding carboxylic acids is 1. The third-order valence-corrected chi connectivity index (χ3v) is 3.05. The molecule has 1 saturated heterocycles. The second-order valence-corrected chi connectivity index (χ2v) is 4.06. The summed E-state index contributed by atoms with van der Waals surface area (Å²) in [5.41, 5.74) is 7.20. The van der Waals surface area contributed by atoms with E-state index in [0.717, 1.165) is 12.0 Å². The normalized spacial score (nSPS) is 26.8. The standard InChI is InChI=1S/C12H16N2O/c1-14-11(15)8-7-10(13)12(14)9-5-3-2-4-6-9/h2-6,10,12H,7-8,13H2,1H3. The Morgan fingerprint density at radius 1 is 1.33 bits per heavy atom. The van der Waals surface area contributed by atoms with E-state index in [1.165, 1.54) is 0 Å². The first-order chi connectivity index (χ1) is 7.20. The van der Waals surface area contributed by atoms with Crippen molar-refractivity contribution in [2.24, 2.45) is 5.73 Å². The van der Waals surface area contributed by atoms with E-state index in [1.807, 2.05) is 37.4 Å². The van der Waals surface area contributed by atoms with Crippen LogP contribution in [0.15, 0.2) is 30.3 Å². The number of piperidine rings is 1. The Bertz CT molecular complexity index is 350. The quantitative estimate of drug-likeness (QED) is 0.749. The van der Waals surface area contributed by atoms with Gasteiger partial charge in [-0.05, 0) is 12.0 Å². The number of nitrogens with two attached hydrogens (primary N) is 1. The van der Waals surface area contributed by atoms with Crippen LogP contribution in [0.5, 0.6) is 0 Å². The second-order valence-electron chi connectivity index (χ2n) is 4.06. The highest BCUT2D eigenvalue weighted by atomic mass is 16.2. The highest BCUT2D eigenvalue weighted by Crippen LogP contribution is 2.29. The van der Waals surface area contributed by atoms with Gasteiger partial charge in [-0.25, -0.2) is 0 Å². The average Bonchev–Trinajstić information content (AvgIpc) is 2.26. The lowest BCUT2D eigenvalue weighted by Gasteiger charge is -2.37. The minimum absolute atomic E-state index is 0.0347. The molecule has 0 aromatic heterocycles. The van der Waals surface area contributed by atoms with E-state index in [1.54, 1.807) is 4.90 Å². The third kappa shape index (κ3) is 1.88. The van der Waals surface area contributed by atoms with E-state index in [0.29, 0.717) is 6.42 Å². The number of hydrogen-bond acceptors (Lipinski definition) is 2. The molecule has 0 aliphatic carbocycles. The van der Waals surface area contributed by atoms with Crippen LogP contribution in [0.1, 0.15) is 24.4 Å². The van der Waals surface area contributed by atoms with E-state index in [2.05, 4.69) is 0 Å². The molecule has 1 aromatic carbocycles. The molecule has 2 unspecified atom stereocenters. The Labute approximate surface area is 89.9 Å². The van der Waals surface area contributed by atoms with Crippen molar-refractivity contribution in [3.63, 3.8) is 0 Å². The Hall–Kier alpha value is -1.35. The first-order valence-electron chi connectivity index (χ1n) is 5.26. The van der Waals surface area contributed by atoms with Gasteiger partial charge in [-0.2, -0.15) is 0 Å². The number of carbonyl (C=O) groups is 1. The van der Waals surface area contributed by atoms with Crippen molar-refractivity contribution in [1.82, 2.24) is 4.90 Å². The maximum atomic E-state index is 11.6. The fraction of sp³-hybridized carbons (Fsp3) is 0.417. The van der Waals surface area contributed by atoms with E-state index in [-0.39, 0.29) is 18.0 Å². The molecule has 2 atom stereocenters. The van der Waals surface area contributed by atoms with Crippen molar-refractivity contribution in [3.8, 4) is 0 Å². The molecule has 1 aromatic rings. The van der Waals surface area contributed by atoms with Gasteiger partial charge in [0.2, 0.25) is 5.91 Å². The summed E-state index contributed by atoms with van der Waals surface area (Å²) in [6.45, 7) is 0. The van der Waals surface area contributed by atoms with Gasteiger partial charge in [-0.1, -0.05) is 30.3 Å². The molecule has 1 aliphatic rings. The van der Waals surface area contributed by atoms with Crippen LogP contribution in [0.3, 0.4) is 0 Å². The first kappa shape index (κ1) is 10.2. The van der Waals surface area contributed by atoms with Crippen molar-refractivity contribution in [1.29, 1.82) is 0 Å². The largest absolute Gasteiger partial charge is 0.337 e. The van der Waals surface area contributed by atoms with Gasteiger partial charge in [0.1, 0.15) is 0 Å². The second kappa shape index (κ2) is 4.03. The van der Waals surface area contributed by atoms with Crippen LogP contribution in [-0.2, 0) is 4.79 Å². The van der Waals surface area contributed by atoms with E-state index in [9.17, 15) is 4.79 Å². The van der Waals surface area contributed by atoms with Crippen LogP contribution in [0.4, 0.5) is 0 Å². The van der Waals surface area contributed by atoms with E-state index in [4.69, 9.17) is 5.73 Å². The maximum Gasteiger partial charge on any atom is 0.222 e. The third-order valence-electron chi connectivity index (χ3n) is 3.05. The number of likely N-dealkylation sites (tertiary alicyclic amines) is 1. The summed E-state index contributed by atoms with van der Waals surface area (Å²) in [7, 11) is 1.83.